The summed E-state index contributed by atoms with van der Waals surface area (Å²) in [5, 5.41) is 8.75. The van der Waals surface area contributed by atoms with E-state index >= 15 is 0 Å². The smallest absolute Gasteiger partial charge is 0.281 e. The minimum absolute atomic E-state index is 0.00648. The number of fused-ring (bicyclic) bond motifs is 1. The molecule has 0 aliphatic carbocycles. The van der Waals surface area contributed by atoms with Gasteiger partial charge in [-0.3, -0.25) is 14.4 Å². The number of carbonyl (C=O) groups is 3. The Bertz CT molecular complexity index is 1160. The van der Waals surface area contributed by atoms with Gasteiger partial charge >= 0.3 is 0 Å². The Morgan fingerprint density at radius 1 is 1.11 bits per heavy atom. The van der Waals surface area contributed by atoms with Crippen molar-refractivity contribution in [2.75, 3.05) is 26.7 Å². The van der Waals surface area contributed by atoms with Crippen LogP contribution < -0.4 is 11.1 Å². The molecule has 1 saturated heterocycles. The predicted octanol–water partition coefficient (Wildman–Crippen LogP) is 0.998. The Hall–Kier alpha value is -3.56. The molecule has 9 heteroatoms. The lowest BCUT2D eigenvalue weighted by molar-refractivity contribution is -0.446. The van der Waals surface area contributed by atoms with Crippen molar-refractivity contribution in [2.24, 2.45) is 10.5 Å². The Kier molecular flexibility index (Phi) is 7.75. The molecule has 0 bridgehead atoms. The molecule has 9 nitrogen and oxygen atoms in total. The second-order valence-corrected chi connectivity index (χ2v) is 10.5. The first-order valence-electron chi connectivity index (χ1n) is 12.6. The second-order valence-electron chi connectivity index (χ2n) is 10.5. The van der Waals surface area contributed by atoms with Gasteiger partial charge in [0.05, 0.1) is 18.9 Å². The van der Waals surface area contributed by atoms with E-state index in [9.17, 15) is 14.4 Å². The monoisotopic (exact) mass is 506 g/mol. The maximum absolute atomic E-state index is 13.8. The van der Waals surface area contributed by atoms with Crippen LogP contribution in [0.4, 0.5) is 0 Å². The summed E-state index contributed by atoms with van der Waals surface area (Å²) in [6, 6.07) is 18.5. The van der Waals surface area contributed by atoms with Crippen molar-refractivity contribution in [3.8, 4) is 0 Å². The third kappa shape index (κ3) is 5.89. The topological polar surface area (TPSA) is 119 Å². The number of carbonyl (C=O) groups excluding carboxylic acids is 3. The molecule has 1 fully saturated rings. The largest absolute Gasteiger partial charge is 0.374 e. The molecule has 0 spiro atoms. The number of piperidine rings is 1. The molecule has 2 aromatic rings. The summed E-state index contributed by atoms with van der Waals surface area (Å²) >= 11 is 0. The summed E-state index contributed by atoms with van der Waals surface area (Å²) in [6.45, 7) is 4.31. The number of ether oxygens (including phenoxy) is 1. The van der Waals surface area contributed by atoms with Gasteiger partial charge in [0.15, 0.2) is 5.54 Å². The average Bonchev–Trinajstić information content (AvgIpc) is 3.12. The summed E-state index contributed by atoms with van der Waals surface area (Å²) in [5.41, 5.74) is 4.83. The van der Waals surface area contributed by atoms with E-state index in [0.717, 1.165) is 16.8 Å². The molecule has 2 aromatic carbocycles. The maximum Gasteiger partial charge on any atom is 0.281 e. The summed E-state index contributed by atoms with van der Waals surface area (Å²) < 4.78 is 5.87. The molecule has 2 atom stereocenters. The third-order valence-electron chi connectivity index (χ3n) is 6.88. The minimum atomic E-state index is -0.922. The molecule has 4 N–H and O–H groups in total. The molecular weight excluding hydrogens is 470 g/mol. The Balaban J connectivity index is 1.54. The van der Waals surface area contributed by atoms with Crippen molar-refractivity contribution < 1.29 is 24.9 Å². The average molecular weight is 507 g/mol. The van der Waals surface area contributed by atoms with Crippen molar-refractivity contribution in [3.63, 3.8) is 0 Å². The van der Waals surface area contributed by atoms with Gasteiger partial charge in [-0.15, -0.1) is 0 Å². The predicted molar refractivity (Wildman–Crippen MR) is 139 cm³/mol. The molecule has 2 heterocycles. The number of benzene rings is 2. The van der Waals surface area contributed by atoms with Crippen LogP contribution >= 0.6 is 0 Å². The van der Waals surface area contributed by atoms with Crippen LogP contribution in [-0.4, -0.2) is 71.7 Å². The van der Waals surface area contributed by atoms with E-state index < -0.39 is 17.0 Å². The molecule has 3 amide bonds. The first kappa shape index (κ1) is 26.5. The van der Waals surface area contributed by atoms with Gasteiger partial charge in [-0.1, -0.05) is 60.7 Å². The molecule has 2 aliphatic heterocycles. The summed E-state index contributed by atoms with van der Waals surface area (Å²) in [4.78, 5) is 41.7. The molecule has 2 aliphatic rings. The quantitative estimate of drug-likeness (QED) is 0.527. The van der Waals surface area contributed by atoms with Crippen LogP contribution in [-0.2, 0) is 32.1 Å². The zero-order chi connectivity index (χ0) is 26.6. The van der Waals surface area contributed by atoms with Crippen LogP contribution in [0, 0.1) is 5.41 Å². The first-order chi connectivity index (χ1) is 17.6. The normalized spacial score (nSPS) is 20.3. The van der Waals surface area contributed by atoms with Crippen LogP contribution in [0.3, 0.4) is 0 Å². The van der Waals surface area contributed by atoms with Gasteiger partial charge in [0.25, 0.3) is 11.8 Å². The zero-order valence-corrected chi connectivity index (χ0v) is 21.8. The lowest BCUT2D eigenvalue weighted by Gasteiger charge is -2.40. The number of quaternary nitrogens is 1. The van der Waals surface area contributed by atoms with Gasteiger partial charge in [-0.2, -0.15) is 5.10 Å². The fourth-order valence-corrected chi connectivity index (χ4v) is 4.83. The van der Waals surface area contributed by atoms with Crippen LogP contribution in [0.15, 0.2) is 65.8 Å². The number of nitrogens with zero attached hydrogens (tertiary/aromatic N) is 3. The van der Waals surface area contributed by atoms with E-state index in [2.05, 4.69) is 16.2 Å². The van der Waals surface area contributed by atoms with E-state index in [-0.39, 0.29) is 30.9 Å². The third-order valence-corrected chi connectivity index (χ3v) is 6.88. The highest BCUT2D eigenvalue weighted by Gasteiger charge is 2.54. The highest BCUT2D eigenvalue weighted by molar-refractivity contribution is 6.13. The fraction of sp³-hybridized carbons (Fsp3) is 0.429. The van der Waals surface area contributed by atoms with Gasteiger partial charge in [0, 0.05) is 26.6 Å². The van der Waals surface area contributed by atoms with E-state index in [1.54, 1.807) is 25.8 Å². The van der Waals surface area contributed by atoms with Gasteiger partial charge in [-0.05, 0) is 31.4 Å². The Labute approximate surface area is 217 Å². The number of amides is 3. The van der Waals surface area contributed by atoms with Crippen molar-refractivity contribution in [1.82, 2.24) is 15.2 Å². The highest BCUT2D eigenvalue weighted by atomic mass is 16.5. The number of rotatable bonds is 9. The van der Waals surface area contributed by atoms with Crippen LogP contribution in [0.2, 0.25) is 0 Å². The van der Waals surface area contributed by atoms with Crippen LogP contribution in [0.5, 0.6) is 0 Å². The number of likely N-dealkylation sites (tertiary alicyclic amines) is 1. The van der Waals surface area contributed by atoms with Crippen LogP contribution in [0.1, 0.15) is 31.4 Å². The fourth-order valence-electron chi connectivity index (χ4n) is 4.83. The molecule has 0 saturated carbocycles. The van der Waals surface area contributed by atoms with E-state index in [1.807, 2.05) is 60.7 Å². The van der Waals surface area contributed by atoms with Gasteiger partial charge < -0.3 is 20.7 Å². The first-order valence-corrected chi connectivity index (χ1v) is 12.6. The second kappa shape index (κ2) is 10.8. The SMILES string of the molecule is CN1N=C2CCN(C(=O)C(COCc3ccccc3)NC(=O)C(C)(C)[NH3+])CC2(Cc2ccccc2)C1=O. The molecule has 4 rings (SSSR count). The van der Waals surface area contributed by atoms with E-state index in [4.69, 9.17) is 4.74 Å². The molecule has 37 heavy (non-hydrogen) atoms. The standard InChI is InChI=1S/C28H35N5O4/c1-27(2,29)25(35)30-22(18-37-17-21-12-8-5-9-13-21)24(34)33-15-14-23-28(19-33,26(36)32(3)31-23)16-20-10-6-4-7-11-20/h4-13,22H,14-19,29H2,1-3H3,(H,30,35)/p+1. The molecule has 0 radical (unpaired) electrons. The maximum atomic E-state index is 13.8. The summed E-state index contributed by atoms with van der Waals surface area (Å²) in [6.07, 6.45) is 0.939. The van der Waals surface area contributed by atoms with E-state index in [0.29, 0.717) is 26.0 Å². The summed E-state index contributed by atoms with van der Waals surface area (Å²) in [7, 11) is 1.66. The molecule has 0 aromatic heterocycles. The van der Waals surface area contributed by atoms with Crippen molar-refractivity contribution in [1.29, 1.82) is 0 Å². The highest BCUT2D eigenvalue weighted by Crippen LogP contribution is 2.38. The number of hydrogen-bond acceptors (Lipinski definition) is 5. The number of hydrazone groups is 1. The zero-order valence-electron chi connectivity index (χ0n) is 21.8. The van der Waals surface area contributed by atoms with E-state index in [1.165, 1.54) is 5.01 Å². The van der Waals surface area contributed by atoms with Gasteiger partial charge in [0.1, 0.15) is 11.5 Å². The summed E-state index contributed by atoms with van der Waals surface area (Å²) in [5.74, 6) is -0.743. The Morgan fingerprint density at radius 2 is 1.73 bits per heavy atom. The molecule has 196 valence electrons. The molecular formula is C28H36N5O4+. The van der Waals surface area contributed by atoms with Crippen molar-refractivity contribution in [3.05, 3.63) is 71.8 Å². The van der Waals surface area contributed by atoms with Crippen molar-refractivity contribution in [2.45, 2.75) is 44.9 Å². The van der Waals surface area contributed by atoms with Crippen molar-refractivity contribution >= 4 is 23.4 Å². The van der Waals surface area contributed by atoms with Crippen LogP contribution in [0.25, 0.3) is 0 Å². The molecule has 2 unspecified atom stereocenters. The minimum Gasteiger partial charge on any atom is -0.374 e. The number of nitrogens with one attached hydrogen (secondary N) is 1. The van der Waals surface area contributed by atoms with Gasteiger partial charge in [0.2, 0.25) is 5.91 Å². The van der Waals surface area contributed by atoms with Gasteiger partial charge in [-0.25, -0.2) is 5.01 Å². The lowest BCUT2D eigenvalue weighted by Crippen LogP contribution is -2.76. The lowest BCUT2D eigenvalue weighted by atomic mass is 9.73. The Morgan fingerprint density at radius 3 is 2.35 bits per heavy atom. The number of hydrogen-bond donors (Lipinski definition) is 2.